The fraction of sp³-hybridized carbons (Fsp3) is 0.318. The zero-order valence-corrected chi connectivity index (χ0v) is 20.1. The molecule has 0 radical (unpaired) electrons. The zero-order chi connectivity index (χ0) is 26.7. The van der Waals surface area contributed by atoms with Crippen molar-refractivity contribution in [1.29, 1.82) is 0 Å². The molecule has 1 fully saturated rings. The van der Waals surface area contributed by atoms with Gasteiger partial charge in [-0.15, -0.1) is 0 Å². The topological polar surface area (TPSA) is 103 Å². The minimum atomic E-state index is -4.31. The summed E-state index contributed by atoms with van der Waals surface area (Å²) in [6.45, 7) is 0.925. The lowest BCUT2D eigenvalue weighted by molar-refractivity contribution is -0.148. The molecule has 0 bridgehead atoms. The Hall–Kier alpha value is -3.72. The van der Waals surface area contributed by atoms with Gasteiger partial charge in [-0.1, -0.05) is 0 Å². The number of amides is 2. The maximum atomic E-state index is 13.5. The summed E-state index contributed by atoms with van der Waals surface area (Å²) in [6.07, 6.45) is -1.74. The van der Waals surface area contributed by atoms with Gasteiger partial charge in [0.15, 0.2) is 11.6 Å². The molecule has 2 aromatic heterocycles. The molecule has 1 aliphatic rings. The van der Waals surface area contributed by atoms with Crippen LogP contribution in [0.5, 0.6) is 0 Å². The van der Waals surface area contributed by atoms with Gasteiger partial charge in [-0.05, 0) is 30.6 Å². The molecule has 0 unspecified atom stereocenters. The summed E-state index contributed by atoms with van der Waals surface area (Å²) < 4.78 is 68.6. The number of rotatable bonds is 6. The van der Waals surface area contributed by atoms with Gasteiger partial charge in [-0.25, -0.2) is 13.8 Å². The van der Waals surface area contributed by atoms with E-state index in [1.807, 2.05) is 0 Å². The molecular formula is C22H20F5N7O2S. The first-order chi connectivity index (χ1) is 17.5. The van der Waals surface area contributed by atoms with Crippen LogP contribution in [0.2, 0.25) is 0 Å². The van der Waals surface area contributed by atoms with Crippen molar-refractivity contribution in [3.63, 3.8) is 0 Å². The Labute approximate surface area is 211 Å². The van der Waals surface area contributed by atoms with Gasteiger partial charge in [-0.3, -0.25) is 19.5 Å². The molecule has 1 saturated heterocycles. The Morgan fingerprint density at radius 1 is 1.08 bits per heavy atom. The number of piperazine rings is 1. The second-order valence-electron chi connectivity index (χ2n) is 8.15. The quantitative estimate of drug-likeness (QED) is 0.457. The molecule has 0 saturated carbocycles. The fourth-order valence-electron chi connectivity index (χ4n) is 3.66. The normalized spacial score (nSPS) is 14.5. The number of anilines is 3. The van der Waals surface area contributed by atoms with E-state index < -0.39 is 36.2 Å². The Balaban J connectivity index is 1.44. The molecule has 0 aliphatic carbocycles. The van der Waals surface area contributed by atoms with Crippen LogP contribution >= 0.6 is 11.5 Å². The van der Waals surface area contributed by atoms with Gasteiger partial charge in [0.1, 0.15) is 16.5 Å². The number of nitrogens with zero attached hydrogens (tertiary/aromatic N) is 5. The smallest absolute Gasteiger partial charge is 0.335 e. The molecule has 15 heteroatoms. The maximum Gasteiger partial charge on any atom is 0.401 e. The SMILES string of the molecule is Cc1nsc(Nc2cncc(C(=O)N3CCN(CC(F)(F)F)CC3)n2)c1C(=O)Nc1ccc(F)c(F)c1. The number of alkyl halides is 3. The van der Waals surface area contributed by atoms with E-state index in [1.165, 1.54) is 28.3 Å². The van der Waals surface area contributed by atoms with E-state index in [0.717, 1.165) is 23.7 Å². The van der Waals surface area contributed by atoms with E-state index in [2.05, 4.69) is 25.0 Å². The zero-order valence-electron chi connectivity index (χ0n) is 19.3. The molecule has 2 N–H and O–H groups in total. The van der Waals surface area contributed by atoms with E-state index in [4.69, 9.17) is 0 Å². The maximum absolute atomic E-state index is 13.5. The number of aryl methyl sites for hydroxylation is 1. The van der Waals surface area contributed by atoms with Crippen molar-refractivity contribution in [2.45, 2.75) is 13.1 Å². The van der Waals surface area contributed by atoms with Crippen LogP contribution in [-0.2, 0) is 0 Å². The van der Waals surface area contributed by atoms with Crippen LogP contribution in [0.1, 0.15) is 26.5 Å². The number of benzene rings is 1. The summed E-state index contributed by atoms with van der Waals surface area (Å²) in [4.78, 5) is 36.5. The number of halogens is 5. The molecule has 196 valence electrons. The van der Waals surface area contributed by atoms with Crippen molar-refractivity contribution in [1.82, 2.24) is 24.1 Å². The van der Waals surface area contributed by atoms with Gasteiger partial charge < -0.3 is 15.5 Å². The highest BCUT2D eigenvalue weighted by Gasteiger charge is 2.33. The van der Waals surface area contributed by atoms with Gasteiger partial charge in [0.2, 0.25) is 0 Å². The third-order valence-corrected chi connectivity index (χ3v) is 6.28. The van der Waals surface area contributed by atoms with Gasteiger partial charge >= 0.3 is 6.18 Å². The van der Waals surface area contributed by atoms with Gasteiger partial charge in [-0.2, -0.15) is 17.5 Å². The lowest BCUT2D eigenvalue weighted by atomic mass is 10.2. The van der Waals surface area contributed by atoms with Crippen molar-refractivity contribution < 1.29 is 31.5 Å². The summed E-state index contributed by atoms with van der Waals surface area (Å²) in [7, 11) is 0. The first-order valence-corrected chi connectivity index (χ1v) is 11.7. The predicted octanol–water partition coefficient (Wildman–Crippen LogP) is 3.84. The molecule has 3 aromatic rings. The number of hydrogen-bond donors (Lipinski definition) is 2. The van der Waals surface area contributed by atoms with Crippen molar-refractivity contribution >= 4 is 39.9 Å². The Bertz CT molecular complexity index is 1310. The molecule has 4 rings (SSSR count). The van der Waals surface area contributed by atoms with E-state index in [1.54, 1.807) is 6.92 Å². The third kappa shape index (κ3) is 6.54. The summed E-state index contributed by atoms with van der Waals surface area (Å²) in [6, 6.07) is 2.94. The molecule has 3 heterocycles. The minimum absolute atomic E-state index is 0.0247. The van der Waals surface area contributed by atoms with Crippen LogP contribution < -0.4 is 10.6 Å². The van der Waals surface area contributed by atoms with Gasteiger partial charge in [0.05, 0.1) is 30.2 Å². The number of aromatic nitrogens is 3. The standard InChI is InChI=1S/C22H20F5N7O2S/c1-12-18(19(35)29-13-2-3-14(23)15(24)8-13)20(37-32-12)31-17-10-28-9-16(30-17)21(36)34-6-4-33(5-7-34)11-22(25,26)27/h2-3,8-10H,4-7,11H2,1H3,(H,29,35)(H,30,31). The largest absolute Gasteiger partial charge is 0.401 e. The van der Waals surface area contributed by atoms with Crippen LogP contribution in [0.15, 0.2) is 30.6 Å². The van der Waals surface area contributed by atoms with Crippen LogP contribution in [0.25, 0.3) is 0 Å². The van der Waals surface area contributed by atoms with Crippen LogP contribution in [0.4, 0.5) is 38.5 Å². The monoisotopic (exact) mass is 541 g/mol. The van der Waals surface area contributed by atoms with E-state index >= 15 is 0 Å². The Morgan fingerprint density at radius 2 is 1.81 bits per heavy atom. The first-order valence-electron chi connectivity index (χ1n) is 10.9. The fourth-order valence-corrected chi connectivity index (χ4v) is 4.46. The molecule has 2 amide bonds. The molecule has 0 spiro atoms. The third-order valence-electron chi connectivity index (χ3n) is 5.42. The summed E-state index contributed by atoms with van der Waals surface area (Å²) in [5.41, 5.74) is 0.519. The van der Waals surface area contributed by atoms with Crippen LogP contribution in [0, 0.1) is 18.6 Å². The highest BCUT2D eigenvalue weighted by Crippen LogP contribution is 2.28. The average Bonchev–Trinajstić information content (AvgIpc) is 3.20. The van der Waals surface area contributed by atoms with Crippen LogP contribution in [-0.4, -0.2) is 74.9 Å². The molecule has 1 aromatic carbocycles. The molecule has 0 atom stereocenters. The number of nitrogens with one attached hydrogen (secondary N) is 2. The molecular weight excluding hydrogens is 521 g/mol. The van der Waals surface area contributed by atoms with Crippen molar-refractivity contribution in [2.24, 2.45) is 0 Å². The summed E-state index contributed by atoms with van der Waals surface area (Å²) >= 11 is 0.946. The highest BCUT2D eigenvalue weighted by molar-refractivity contribution is 7.10. The van der Waals surface area contributed by atoms with Crippen molar-refractivity contribution in [3.8, 4) is 0 Å². The van der Waals surface area contributed by atoms with Crippen molar-refractivity contribution in [2.75, 3.05) is 43.4 Å². The van der Waals surface area contributed by atoms with Gasteiger partial charge in [0, 0.05) is 37.9 Å². The van der Waals surface area contributed by atoms with Gasteiger partial charge in [0.25, 0.3) is 11.8 Å². The number of hydrogen-bond acceptors (Lipinski definition) is 8. The summed E-state index contributed by atoms with van der Waals surface area (Å²) in [5, 5.41) is 5.65. The second-order valence-corrected chi connectivity index (χ2v) is 8.93. The lowest BCUT2D eigenvalue weighted by Gasteiger charge is -2.34. The Kier molecular flexibility index (Phi) is 7.63. The second kappa shape index (κ2) is 10.7. The minimum Gasteiger partial charge on any atom is -0.335 e. The number of carbonyl (C=O) groups excluding carboxylic acids is 2. The first kappa shape index (κ1) is 26.3. The van der Waals surface area contributed by atoms with Crippen molar-refractivity contribution in [3.05, 3.63) is 59.2 Å². The average molecular weight is 542 g/mol. The van der Waals surface area contributed by atoms with E-state index in [0.29, 0.717) is 5.69 Å². The van der Waals surface area contributed by atoms with E-state index in [-0.39, 0.29) is 53.9 Å². The molecule has 1 aliphatic heterocycles. The molecule has 37 heavy (non-hydrogen) atoms. The summed E-state index contributed by atoms with van der Waals surface area (Å²) in [5.74, 6) is -3.15. The van der Waals surface area contributed by atoms with E-state index in [9.17, 15) is 31.5 Å². The molecule has 9 nitrogen and oxygen atoms in total. The van der Waals surface area contributed by atoms with Crippen LogP contribution in [0.3, 0.4) is 0 Å². The number of carbonyl (C=O) groups is 2. The lowest BCUT2D eigenvalue weighted by Crippen LogP contribution is -2.51. The highest BCUT2D eigenvalue weighted by atomic mass is 32.1. The Morgan fingerprint density at radius 3 is 2.49 bits per heavy atom. The predicted molar refractivity (Wildman–Crippen MR) is 125 cm³/mol.